The Kier molecular flexibility index (Phi) is 4.11. The molecule has 0 radical (unpaired) electrons. The van der Waals surface area contributed by atoms with Crippen LogP contribution in [0.5, 0.6) is 0 Å². The van der Waals surface area contributed by atoms with Crippen LogP contribution in [0.4, 0.5) is 5.69 Å². The van der Waals surface area contributed by atoms with Crippen molar-refractivity contribution < 1.29 is 0 Å². The van der Waals surface area contributed by atoms with E-state index in [2.05, 4.69) is 49.2 Å². The van der Waals surface area contributed by atoms with E-state index in [9.17, 15) is 5.26 Å². The Bertz CT molecular complexity index is 485. The number of nitriles is 1. The zero-order valence-corrected chi connectivity index (χ0v) is 12.2. The molecule has 0 unspecified atom stereocenters. The Morgan fingerprint density at radius 1 is 1.42 bits per heavy atom. The molecule has 102 valence electrons. The fraction of sp³-hybridized carbons (Fsp3) is 0.562. The molecule has 0 bridgehead atoms. The molecule has 19 heavy (non-hydrogen) atoms. The molecule has 1 aromatic carbocycles. The summed E-state index contributed by atoms with van der Waals surface area (Å²) in [6, 6.07) is 8.60. The molecule has 3 heteroatoms. The normalized spacial score (nSPS) is 17.5. The average molecular weight is 257 g/mol. The minimum absolute atomic E-state index is 0.356. The van der Waals surface area contributed by atoms with Crippen LogP contribution >= 0.6 is 0 Å². The molecule has 1 heterocycles. The second-order valence-electron chi connectivity index (χ2n) is 6.08. The molecule has 0 saturated carbocycles. The molecule has 2 rings (SSSR count). The van der Waals surface area contributed by atoms with Crippen molar-refractivity contribution in [3.05, 3.63) is 29.3 Å². The Hall–Kier alpha value is -1.53. The molecule has 0 amide bonds. The maximum atomic E-state index is 9.36. The second-order valence-corrected chi connectivity index (χ2v) is 6.08. The summed E-state index contributed by atoms with van der Waals surface area (Å²) in [5.74, 6) is 0. The van der Waals surface area contributed by atoms with Gasteiger partial charge in [0, 0.05) is 19.6 Å². The van der Waals surface area contributed by atoms with Gasteiger partial charge in [-0.05, 0) is 36.1 Å². The minimum Gasteiger partial charge on any atom is -0.370 e. The van der Waals surface area contributed by atoms with Gasteiger partial charge in [0.1, 0.15) is 6.07 Å². The third-order valence-electron chi connectivity index (χ3n) is 3.78. The van der Waals surface area contributed by atoms with Gasteiger partial charge in [0.15, 0.2) is 0 Å². The number of nitrogens with zero attached hydrogens (tertiary/aromatic N) is 2. The zero-order valence-electron chi connectivity index (χ0n) is 12.2. The minimum atomic E-state index is 0.356. The summed E-state index contributed by atoms with van der Waals surface area (Å²) in [4.78, 5) is 2.34. The molecule has 1 fully saturated rings. The predicted octanol–water partition coefficient (Wildman–Crippen LogP) is 2.90. The predicted molar refractivity (Wildman–Crippen MR) is 79.1 cm³/mol. The maximum Gasteiger partial charge on any atom is 0.101 e. The lowest BCUT2D eigenvalue weighted by Crippen LogP contribution is -2.23. The van der Waals surface area contributed by atoms with Crippen LogP contribution in [0.25, 0.3) is 0 Å². The lowest BCUT2D eigenvalue weighted by molar-refractivity contribution is 0.418. The van der Waals surface area contributed by atoms with Crippen molar-refractivity contribution in [2.24, 2.45) is 5.41 Å². The van der Waals surface area contributed by atoms with Crippen LogP contribution in [-0.2, 0) is 6.54 Å². The summed E-state index contributed by atoms with van der Waals surface area (Å²) in [5, 5.41) is 12.7. The third kappa shape index (κ3) is 3.27. The van der Waals surface area contributed by atoms with Gasteiger partial charge < -0.3 is 10.2 Å². The summed E-state index contributed by atoms with van der Waals surface area (Å²) >= 11 is 0. The van der Waals surface area contributed by atoms with Gasteiger partial charge in [-0.25, -0.2) is 0 Å². The maximum absolute atomic E-state index is 9.36. The van der Waals surface area contributed by atoms with Crippen LogP contribution in [0.1, 0.15) is 38.3 Å². The Labute approximate surface area is 116 Å². The first-order valence-electron chi connectivity index (χ1n) is 7.04. The molecule has 1 aromatic rings. The van der Waals surface area contributed by atoms with E-state index in [0.29, 0.717) is 5.41 Å². The molecule has 1 saturated heterocycles. The van der Waals surface area contributed by atoms with Crippen molar-refractivity contribution in [1.29, 1.82) is 5.26 Å². The van der Waals surface area contributed by atoms with E-state index in [1.807, 2.05) is 6.07 Å². The largest absolute Gasteiger partial charge is 0.370 e. The van der Waals surface area contributed by atoms with Crippen molar-refractivity contribution in [1.82, 2.24) is 5.32 Å². The highest BCUT2D eigenvalue weighted by atomic mass is 15.2. The van der Waals surface area contributed by atoms with E-state index in [1.54, 1.807) is 0 Å². The topological polar surface area (TPSA) is 39.1 Å². The number of hydrogen-bond acceptors (Lipinski definition) is 3. The van der Waals surface area contributed by atoms with Crippen LogP contribution in [0.3, 0.4) is 0 Å². The number of benzene rings is 1. The van der Waals surface area contributed by atoms with E-state index in [-0.39, 0.29) is 0 Å². The quantitative estimate of drug-likeness (QED) is 0.901. The molecule has 0 atom stereocenters. The van der Waals surface area contributed by atoms with E-state index in [1.165, 1.54) is 12.0 Å². The van der Waals surface area contributed by atoms with Crippen molar-refractivity contribution in [3.63, 3.8) is 0 Å². The average Bonchev–Trinajstić information content (AvgIpc) is 2.76. The monoisotopic (exact) mass is 257 g/mol. The Balaban J connectivity index is 2.20. The summed E-state index contributed by atoms with van der Waals surface area (Å²) < 4.78 is 0. The van der Waals surface area contributed by atoms with Gasteiger partial charge >= 0.3 is 0 Å². The second kappa shape index (κ2) is 5.63. The number of nitrogens with one attached hydrogen (secondary N) is 1. The summed E-state index contributed by atoms with van der Waals surface area (Å²) in [6.07, 6.45) is 1.19. The fourth-order valence-corrected chi connectivity index (χ4v) is 2.65. The zero-order chi connectivity index (χ0) is 13.9. The van der Waals surface area contributed by atoms with Crippen LogP contribution in [0.2, 0.25) is 0 Å². The standard InChI is InChI=1S/C16H23N3/c1-4-18-11-13-5-6-15(14(9-13)10-17)19-8-7-16(2,3)12-19/h5-6,9,18H,4,7-8,11-12H2,1-3H3. The molecule has 0 spiro atoms. The lowest BCUT2D eigenvalue weighted by atomic mass is 9.93. The van der Waals surface area contributed by atoms with Gasteiger partial charge in [-0.15, -0.1) is 0 Å². The van der Waals surface area contributed by atoms with E-state index >= 15 is 0 Å². The van der Waals surface area contributed by atoms with Gasteiger partial charge in [-0.2, -0.15) is 5.26 Å². The molecule has 1 aliphatic heterocycles. The smallest absolute Gasteiger partial charge is 0.101 e. The van der Waals surface area contributed by atoms with Crippen molar-refractivity contribution >= 4 is 5.69 Å². The molecule has 0 aromatic heterocycles. The highest BCUT2D eigenvalue weighted by Crippen LogP contribution is 2.34. The van der Waals surface area contributed by atoms with Crippen molar-refractivity contribution in [2.45, 2.75) is 33.7 Å². The molecular weight excluding hydrogens is 234 g/mol. The summed E-state index contributed by atoms with van der Waals surface area (Å²) in [5.41, 5.74) is 3.43. The van der Waals surface area contributed by atoms with Gasteiger partial charge in [-0.3, -0.25) is 0 Å². The van der Waals surface area contributed by atoms with Crippen LogP contribution in [-0.4, -0.2) is 19.6 Å². The van der Waals surface area contributed by atoms with Gasteiger partial charge in [0.2, 0.25) is 0 Å². The highest BCUT2D eigenvalue weighted by Gasteiger charge is 2.30. The molecule has 1 aliphatic rings. The number of anilines is 1. The fourth-order valence-electron chi connectivity index (χ4n) is 2.65. The third-order valence-corrected chi connectivity index (χ3v) is 3.78. The summed E-state index contributed by atoms with van der Waals surface area (Å²) in [7, 11) is 0. The highest BCUT2D eigenvalue weighted by molar-refractivity contribution is 5.61. The van der Waals surface area contributed by atoms with Crippen LogP contribution in [0.15, 0.2) is 18.2 Å². The Morgan fingerprint density at radius 2 is 2.21 bits per heavy atom. The molecule has 3 nitrogen and oxygen atoms in total. The Morgan fingerprint density at radius 3 is 2.79 bits per heavy atom. The van der Waals surface area contributed by atoms with Crippen molar-refractivity contribution in [2.75, 3.05) is 24.5 Å². The molecule has 1 N–H and O–H groups in total. The lowest BCUT2D eigenvalue weighted by Gasteiger charge is -2.23. The van der Waals surface area contributed by atoms with E-state index < -0.39 is 0 Å². The SMILES string of the molecule is CCNCc1ccc(N2CCC(C)(C)C2)c(C#N)c1. The number of rotatable bonds is 4. The van der Waals surface area contributed by atoms with Gasteiger partial charge in [-0.1, -0.05) is 26.8 Å². The first-order valence-corrected chi connectivity index (χ1v) is 7.04. The van der Waals surface area contributed by atoms with Gasteiger partial charge in [0.05, 0.1) is 11.3 Å². The van der Waals surface area contributed by atoms with E-state index in [0.717, 1.165) is 37.4 Å². The summed E-state index contributed by atoms with van der Waals surface area (Å²) in [6.45, 7) is 10.5. The van der Waals surface area contributed by atoms with Gasteiger partial charge in [0.25, 0.3) is 0 Å². The van der Waals surface area contributed by atoms with E-state index in [4.69, 9.17) is 0 Å². The molecule has 0 aliphatic carbocycles. The number of hydrogen-bond donors (Lipinski definition) is 1. The van der Waals surface area contributed by atoms with Crippen LogP contribution in [0, 0.1) is 16.7 Å². The first-order chi connectivity index (χ1) is 9.05. The first kappa shape index (κ1) is 13.9. The van der Waals surface area contributed by atoms with Crippen LogP contribution < -0.4 is 10.2 Å². The molecular formula is C16H23N3. The van der Waals surface area contributed by atoms with Crippen molar-refractivity contribution in [3.8, 4) is 6.07 Å².